The lowest BCUT2D eigenvalue weighted by molar-refractivity contribution is 0.613. The van der Waals surface area contributed by atoms with Gasteiger partial charge in [-0.3, -0.25) is 0 Å². The Morgan fingerprint density at radius 1 is 1.14 bits per heavy atom. The van der Waals surface area contributed by atoms with Crippen molar-refractivity contribution in [2.24, 2.45) is 0 Å². The number of benzene rings is 2. The van der Waals surface area contributed by atoms with Crippen molar-refractivity contribution in [1.82, 2.24) is 0 Å². The summed E-state index contributed by atoms with van der Waals surface area (Å²) in [5, 5.41) is 13.9. The van der Waals surface area contributed by atoms with Crippen LogP contribution >= 0.6 is 23.2 Å². The van der Waals surface area contributed by atoms with Crippen molar-refractivity contribution >= 4 is 39.9 Å². The minimum absolute atomic E-state index is 0.378. The smallest absolute Gasteiger partial charge is 0.199 e. The van der Waals surface area contributed by atoms with Gasteiger partial charge in [0.25, 0.3) is 0 Å². The van der Waals surface area contributed by atoms with Crippen LogP contribution in [-0.2, 0) is 6.54 Å². The molecule has 0 saturated carbocycles. The molecule has 0 fully saturated rings. The quantitative estimate of drug-likeness (QED) is 0.720. The fourth-order valence-electron chi connectivity index (χ4n) is 2.14. The van der Waals surface area contributed by atoms with Gasteiger partial charge in [0, 0.05) is 23.2 Å². The molecular formula is C16H10Cl2N2O. The van der Waals surface area contributed by atoms with E-state index >= 15 is 0 Å². The fourth-order valence-corrected chi connectivity index (χ4v) is 2.61. The van der Waals surface area contributed by atoms with E-state index in [0.717, 1.165) is 22.2 Å². The van der Waals surface area contributed by atoms with E-state index in [1.165, 1.54) is 0 Å². The minimum atomic E-state index is 0.378. The Hall–Kier alpha value is -2.15. The Morgan fingerprint density at radius 2 is 1.95 bits per heavy atom. The van der Waals surface area contributed by atoms with E-state index in [1.807, 2.05) is 30.3 Å². The number of rotatable bonds is 3. The molecule has 0 aliphatic heterocycles. The van der Waals surface area contributed by atoms with E-state index in [2.05, 4.69) is 5.32 Å². The zero-order valence-electron chi connectivity index (χ0n) is 10.9. The van der Waals surface area contributed by atoms with Gasteiger partial charge in [0.1, 0.15) is 11.7 Å². The summed E-state index contributed by atoms with van der Waals surface area (Å²) < 4.78 is 5.50. The maximum atomic E-state index is 8.86. The van der Waals surface area contributed by atoms with Crippen LogP contribution < -0.4 is 5.32 Å². The van der Waals surface area contributed by atoms with Gasteiger partial charge < -0.3 is 9.73 Å². The minimum Gasteiger partial charge on any atom is -0.444 e. The number of halogens is 2. The van der Waals surface area contributed by atoms with E-state index < -0.39 is 0 Å². The lowest BCUT2D eigenvalue weighted by Gasteiger charge is -2.06. The molecule has 0 spiro atoms. The van der Waals surface area contributed by atoms with E-state index in [1.54, 1.807) is 18.2 Å². The van der Waals surface area contributed by atoms with Gasteiger partial charge >= 0.3 is 0 Å². The second kappa shape index (κ2) is 5.69. The lowest BCUT2D eigenvalue weighted by atomic mass is 10.1. The number of para-hydroxylation sites is 1. The highest BCUT2D eigenvalue weighted by Crippen LogP contribution is 2.30. The van der Waals surface area contributed by atoms with E-state index in [0.29, 0.717) is 22.4 Å². The molecule has 0 bridgehead atoms. The van der Waals surface area contributed by atoms with Gasteiger partial charge in [-0.2, -0.15) is 5.26 Å². The summed E-state index contributed by atoms with van der Waals surface area (Å²) in [5.41, 5.74) is 2.93. The zero-order valence-corrected chi connectivity index (χ0v) is 12.4. The van der Waals surface area contributed by atoms with Gasteiger partial charge in [0.05, 0.1) is 10.6 Å². The number of nitrogens with one attached hydrogen (secondary N) is 1. The first kappa shape index (κ1) is 13.8. The molecule has 104 valence electrons. The summed E-state index contributed by atoms with van der Waals surface area (Å²) in [6.45, 7) is 0.512. The van der Waals surface area contributed by atoms with Gasteiger partial charge in [0.2, 0.25) is 0 Å². The number of fused-ring (bicyclic) bond motifs is 1. The lowest BCUT2D eigenvalue weighted by Crippen LogP contribution is -1.99. The van der Waals surface area contributed by atoms with Crippen molar-refractivity contribution in [2.45, 2.75) is 6.54 Å². The van der Waals surface area contributed by atoms with Crippen molar-refractivity contribution < 1.29 is 4.42 Å². The first-order valence-corrected chi connectivity index (χ1v) is 7.04. The third-order valence-corrected chi connectivity index (χ3v) is 3.83. The van der Waals surface area contributed by atoms with Crippen LogP contribution in [0.25, 0.3) is 11.0 Å². The standard InChI is InChI=1S/C16H10Cl2N2O/c17-14-7-11(6-5-10(14)8-19)20-9-13-12-3-1-2-4-15(12)21-16(13)18/h1-7,20H,9H2. The van der Waals surface area contributed by atoms with Crippen molar-refractivity contribution in [3.8, 4) is 6.07 Å². The Bertz CT molecular complexity index is 849. The average molecular weight is 317 g/mol. The maximum Gasteiger partial charge on any atom is 0.199 e. The number of anilines is 1. The molecule has 1 N–H and O–H groups in total. The van der Waals surface area contributed by atoms with Crippen LogP contribution in [0, 0.1) is 11.3 Å². The molecule has 3 nitrogen and oxygen atoms in total. The normalized spacial score (nSPS) is 10.5. The Labute approximate surface area is 131 Å². The number of hydrogen-bond donors (Lipinski definition) is 1. The first-order chi connectivity index (χ1) is 10.2. The topological polar surface area (TPSA) is 49.0 Å². The summed E-state index contributed by atoms with van der Waals surface area (Å²) in [4.78, 5) is 0. The molecule has 2 aromatic carbocycles. The van der Waals surface area contributed by atoms with Crippen LogP contribution in [0.1, 0.15) is 11.1 Å². The van der Waals surface area contributed by atoms with Crippen LogP contribution in [0.15, 0.2) is 46.9 Å². The molecule has 3 rings (SSSR count). The van der Waals surface area contributed by atoms with Gasteiger partial charge in [-0.25, -0.2) is 0 Å². The third-order valence-electron chi connectivity index (χ3n) is 3.21. The SMILES string of the molecule is N#Cc1ccc(NCc2c(Cl)oc3ccccc23)cc1Cl. The van der Waals surface area contributed by atoms with Crippen LogP contribution in [-0.4, -0.2) is 0 Å². The molecule has 0 atom stereocenters. The van der Waals surface area contributed by atoms with Crippen LogP contribution in [0.4, 0.5) is 5.69 Å². The van der Waals surface area contributed by atoms with Gasteiger partial charge in [-0.15, -0.1) is 0 Å². The van der Waals surface area contributed by atoms with Crippen LogP contribution in [0.2, 0.25) is 10.2 Å². The molecule has 0 aliphatic carbocycles. The Kier molecular flexibility index (Phi) is 3.74. The summed E-state index contributed by atoms with van der Waals surface area (Å²) in [7, 11) is 0. The summed E-state index contributed by atoms with van der Waals surface area (Å²) in [6.07, 6.45) is 0. The number of furan rings is 1. The molecule has 5 heteroatoms. The molecule has 3 aromatic rings. The van der Waals surface area contributed by atoms with Crippen LogP contribution in [0.5, 0.6) is 0 Å². The molecule has 0 aliphatic rings. The molecule has 0 saturated heterocycles. The van der Waals surface area contributed by atoms with Crippen molar-refractivity contribution in [3.05, 3.63) is 63.8 Å². The highest BCUT2D eigenvalue weighted by molar-refractivity contribution is 6.32. The van der Waals surface area contributed by atoms with E-state index in [4.69, 9.17) is 32.9 Å². The number of hydrogen-bond acceptors (Lipinski definition) is 3. The largest absolute Gasteiger partial charge is 0.444 e. The van der Waals surface area contributed by atoms with E-state index in [9.17, 15) is 0 Å². The number of nitriles is 1. The average Bonchev–Trinajstić information content (AvgIpc) is 2.81. The predicted octanol–water partition coefficient (Wildman–Crippen LogP) is 5.22. The number of nitrogens with zero attached hydrogens (tertiary/aromatic N) is 1. The van der Waals surface area contributed by atoms with E-state index in [-0.39, 0.29) is 0 Å². The molecule has 21 heavy (non-hydrogen) atoms. The van der Waals surface area contributed by atoms with Gasteiger partial charge in [-0.1, -0.05) is 29.8 Å². The molecule has 1 aromatic heterocycles. The van der Waals surface area contributed by atoms with Crippen LogP contribution in [0.3, 0.4) is 0 Å². The second-order valence-corrected chi connectivity index (χ2v) is 5.26. The van der Waals surface area contributed by atoms with Gasteiger partial charge in [0.15, 0.2) is 5.22 Å². The van der Waals surface area contributed by atoms with Crippen molar-refractivity contribution in [3.63, 3.8) is 0 Å². The summed E-state index contributed by atoms with van der Waals surface area (Å²) in [6, 6.07) is 14.9. The fraction of sp³-hybridized carbons (Fsp3) is 0.0625. The van der Waals surface area contributed by atoms with Gasteiger partial charge in [-0.05, 0) is 35.9 Å². The summed E-state index contributed by atoms with van der Waals surface area (Å²) in [5.74, 6) is 0. The highest BCUT2D eigenvalue weighted by atomic mass is 35.5. The molecule has 0 unspecified atom stereocenters. The Morgan fingerprint density at radius 3 is 2.71 bits per heavy atom. The monoisotopic (exact) mass is 316 g/mol. The Balaban J connectivity index is 1.85. The second-order valence-electron chi connectivity index (χ2n) is 4.51. The summed E-state index contributed by atoms with van der Waals surface area (Å²) >= 11 is 12.1. The molecule has 1 heterocycles. The molecule has 0 radical (unpaired) electrons. The zero-order chi connectivity index (χ0) is 14.8. The maximum absolute atomic E-state index is 8.86. The molecule has 0 amide bonds. The van der Waals surface area contributed by atoms with Crippen molar-refractivity contribution in [1.29, 1.82) is 5.26 Å². The molecular weight excluding hydrogens is 307 g/mol. The highest BCUT2D eigenvalue weighted by Gasteiger charge is 2.11. The third kappa shape index (κ3) is 2.69. The first-order valence-electron chi connectivity index (χ1n) is 6.28. The van der Waals surface area contributed by atoms with Crippen molar-refractivity contribution in [2.75, 3.05) is 5.32 Å². The predicted molar refractivity (Wildman–Crippen MR) is 84.7 cm³/mol.